The first-order valence-corrected chi connectivity index (χ1v) is 11.9. The van der Waals surface area contributed by atoms with Crippen molar-refractivity contribution in [3.8, 4) is 11.8 Å². The van der Waals surface area contributed by atoms with Gasteiger partial charge in [-0.1, -0.05) is 13.8 Å². The van der Waals surface area contributed by atoms with Crippen LogP contribution in [0.25, 0.3) is 27.5 Å². The molecule has 2 aromatic heterocycles. The van der Waals surface area contributed by atoms with Gasteiger partial charge in [0.1, 0.15) is 5.52 Å². The Kier molecular flexibility index (Phi) is 5.79. The molecule has 0 aliphatic carbocycles. The fourth-order valence-corrected chi connectivity index (χ4v) is 5.35. The molecule has 3 heterocycles. The number of aliphatic carboxylic acids is 1. The second kappa shape index (κ2) is 8.63. The predicted octanol–water partition coefficient (Wildman–Crippen LogP) is 5.85. The summed E-state index contributed by atoms with van der Waals surface area (Å²) in [4.78, 5) is 11.8. The van der Waals surface area contributed by atoms with Crippen LogP contribution in [0.3, 0.4) is 0 Å². The summed E-state index contributed by atoms with van der Waals surface area (Å²) in [5.74, 6) is -4.14. The van der Waals surface area contributed by atoms with Crippen molar-refractivity contribution in [2.45, 2.75) is 57.0 Å². The van der Waals surface area contributed by atoms with E-state index in [0.717, 1.165) is 12.1 Å². The van der Waals surface area contributed by atoms with E-state index in [0.29, 0.717) is 28.6 Å². The molecule has 2 atom stereocenters. The number of hydrogen-bond acceptors (Lipinski definition) is 4. The number of carbonyl (C=O) groups is 1. The molecule has 7 nitrogen and oxygen atoms in total. The molecule has 37 heavy (non-hydrogen) atoms. The topological polar surface area (TPSA) is 104 Å². The number of aromatic amines is 1. The summed E-state index contributed by atoms with van der Waals surface area (Å²) >= 11 is 0. The minimum atomic E-state index is -1.37. The number of carboxylic acids is 1. The van der Waals surface area contributed by atoms with Gasteiger partial charge in [-0.05, 0) is 43.5 Å². The van der Waals surface area contributed by atoms with Crippen molar-refractivity contribution in [1.82, 2.24) is 14.8 Å². The third-order valence-electron chi connectivity index (χ3n) is 7.40. The van der Waals surface area contributed by atoms with Gasteiger partial charge in [0.25, 0.3) is 0 Å². The van der Waals surface area contributed by atoms with Crippen LogP contribution in [0.1, 0.15) is 57.2 Å². The molecule has 0 radical (unpaired) electrons. The fraction of sp³-hybridized carbons (Fsp3) is 0.370. The molecule has 2 aromatic carbocycles. The Labute approximate surface area is 210 Å². The van der Waals surface area contributed by atoms with Crippen molar-refractivity contribution < 1.29 is 27.8 Å². The molecular formula is C27H25F3N4O3. The number of benzene rings is 2. The number of nitrogens with zero attached hydrogens (tertiary/aromatic N) is 3. The lowest BCUT2D eigenvalue weighted by atomic mass is 9.77. The molecule has 0 spiro atoms. The molecule has 0 unspecified atom stereocenters. The number of fused-ring (bicyclic) bond motifs is 2. The van der Waals surface area contributed by atoms with Gasteiger partial charge in [-0.3, -0.25) is 5.10 Å². The standard InChI is InChI=1S/C27H25F3N4O3/c1-26(2,8-9-31)24-20(14-6-7-27(3,25(35)36)37-13-14)21-19(10-15-12-32-33-23(15)22(21)30)34(24)16-4-5-17(28)18(29)11-16/h4-5,10-12,14H,6-8,13H2,1-3H3,(H,32,33)(H,35,36)/t14-,27+/m1/s1. The third kappa shape index (κ3) is 3.85. The van der Waals surface area contributed by atoms with E-state index in [9.17, 15) is 23.9 Å². The summed E-state index contributed by atoms with van der Waals surface area (Å²) in [6.07, 6.45) is 2.11. The zero-order valence-corrected chi connectivity index (χ0v) is 20.5. The number of aromatic nitrogens is 3. The number of rotatable bonds is 5. The van der Waals surface area contributed by atoms with Crippen molar-refractivity contribution in [3.63, 3.8) is 0 Å². The highest BCUT2D eigenvalue weighted by molar-refractivity contribution is 6.00. The first kappa shape index (κ1) is 24.8. The van der Waals surface area contributed by atoms with Gasteiger partial charge >= 0.3 is 5.97 Å². The van der Waals surface area contributed by atoms with Crippen LogP contribution in [0.5, 0.6) is 0 Å². The summed E-state index contributed by atoms with van der Waals surface area (Å²) in [5, 5.41) is 26.6. The maximum atomic E-state index is 16.2. The monoisotopic (exact) mass is 510 g/mol. The summed E-state index contributed by atoms with van der Waals surface area (Å²) in [6, 6.07) is 7.36. The van der Waals surface area contributed by atoms with Crippen LogP contribution in [0.4, 0.5) is 13.2 Å². The van der Waals surface area contributed by atoms with Crippen LogP contribution in [0.15, 0.2) is 30.5 Å². The average molecular weight is 511 g/mol. The molecule has 4 aromatic rings. The molecule has 1 saturated heterocycles. The Balaban J connectivity index is 1.88. The molecule has 0 bridgehead atoms. The van der Waals surface area contributed by atoms with Gasteiger partial charge in [0.05, 0.1) is 24.4 Å². The number of hydrogen-bond donors (Lipinski definition) is 2. The van der Waals surface area contributed by atoms with Gasteiger partial charge in [-0.15, -0.1) is 0 Å². The number of ether oxygens (including phenoxy) is 1. The van der Waals surface area contributed by atoms with E-state index in [-0.39, 0.29) is 36.0 Å². The Hall–Kier alpha value is -3.84. The molecule has 0 amide bonds. The molecule has 1 fully saturated rings. The van der Waals surface area contributed by atoms with Gasteiger partial charge in [-0.25, -0.2) is 18.0 Å². The van der Waals surface area contributed by atoms with E-state index in [1.54, 1.807) is 10.6 Å². The maximum absolute atomic E-state index is 16.2. The minimum absolute atomic E-state index is 0.00970. The highest BCUT2D eigenvalue weighted by Gasteiger charge is 2.43. The number of carboxylic acid groups (broad SMARTS) is 1. The SMILES string of the molecule is CC(C)(CC#N)c1c([C@@H]2CC[C@@](C)(C(=O)O)OC2)c2c(F)c3[nH]ncc3cc2n1-c1ccc(F)c(F)c1. The van der Waals surface area contributed by atoms with Crippen LogP contribution in [-0.4, -0.2) is 38.0 Å². The van der Waals surface area contributed by atoms with E-state index in [1.165, 1.54) is 19.2 Å². The van der Waals surface area contributed by atoms with Crippen molar-refractivity contribution in [2.24, 2.45) is 0 Å². The largest absolute Gasteiger partial charge is 0.479 e. The molecule has 2 N–H and O–H groups in total. The van der Waals surface area contributed by atoms with Gasteiger partial charge < -0.3 is 14.4 Å². The smallest absolute Gasteiger partial charge is 0.335 e. The molecule has 1 aliphatic heterocycles. The summed E-state index contributed by atoms with van der Waals surface area (Å²) < 4.78 is 52.0. The highest BCUT2D eigenvalue weighted by atomic mass is 19.2. The zero-order valence-electron chi connectivity index (χ0n) is 20.5. The van der Waals surface area contributed by atoms with E-state index in [4.69, 9.17) is 4.74 Å². The minimum Gasteiger partial charge on any atom is -0.479 e. The van der Waals surface area contributed by atoms with Crippen LogP contribution < -0.4 is 0 Å². The van der Waals surface area contributed by atoms with E-state index >= 15 is 4.39 Å². The Morgan fingerprint density at radius 1 is 1.32 bits per heavy atom. The third-order valence-corrected chi connectivity index (χ3v) is 7.40. The van der Waals surface area contributed by atoms with Crippen LogP contribution >= 0.6 is 0 Å². The Bertz CT molecular complexity index is 1590. The summed E-state index contributed by atoms with van der Waals surface area (Å²) in [6.45, 7) is 5.18. The second-order valence-corrected chi connectivity index (χ2v) is 10.4. The number of H-pyrrole nitrogens is 1. The zero-order chi connectivity index (χ0) is 26.7. The Morgan fingerprint density at radius 3 is 2.70 bits per heavy atom. The highest BCUT2D eigenvalue weighted by Crippen LogP contribution is 2.47. The first-order valence-electron chi connectivity index (χ1n) is 11.9. The molecule has 0 saturated carbocycles. The van der Waals surface area contributed by atoms with Crippen LogP contribution in [0, 0.1) is 28.8 Å². The quantitative estimate of drug-likeness (QED) is 0.350. The normalized spacial score (nSPS) is 20.4. The van der Waals surface area contributed by atoms with E-state index < -0.39 is 40.4 Å². The Morgan fingerprint density at radius 2 is 2.08 bits per heavy atom. The number of halogens is 3. The van der Waals surface area contributed by atoms with Gasteiger partial charge in [0.2, 0.25) is 0 Å². The van der Waals surface area contributed by atoms with Crippen molar-refractivity contribution in [3.05, 3.63) is 59.2 Å². The van der Waals surface area contributed by atoms with E-state index in [1.807, 2.05) is 13.8 Å². The van der Waals surface area contributed by atoms with Crippen molar-refractivity contribution >= 4 is 27.8 Å². The molecule has 192 valence electrons. The van der Waals surface area contributed by atoms with Crippen LogP contribution in [0.2, 0.25) is 0 Å². The van der Waals surface area contributed by atoms with Gasteiger partial charge in [0.15, 0.2) is 23.1 Å². The van der Waals surface area contributed by atoms with E-state index in [2.05, 4.69) is 16.3 Å². The van der Waals surface area contributed by atoms with Crippen molar-refractivity contribution in [1.29, 1.82) is 5.26 Å². The van der Waals surface area contributed by atoms with Crippen molar-refractivity contribution in [2.75, 3.05) is 6.61 Å². The lowest BCUT2D eigenvalue weighted by Crippen LogP contribution is -2.43. The number of nitriles is 1. The number of nitrogens with one attached hydrogen (secondary N) is 1. The lowest BCUT2D eigenvalue weighted by molar-refractivity contribution is -0.170. The van der Waals surface area contributed by atoms with Crippen LogP contribution in [-0.2, 0) is 14.9 Å². The van der Waals surface area contributed by atoms with Gasteiger partial charge in [0, 0.05) is 46.0 Å². The predicted molar refractivity (Wildman–Crippen MR) is 130 cm³/mol. The average Bonchev–Trinajstić information content (AvgIpc) is 3.45. The molecular weight excluding hydrogens is 485 g/mol. The molecule has 5 rings (SSSR count). The molecule has 1 aliphatic rings. The summed E-state index contributed by atoms with van der Waals surface area (Å²) in [5.41, 5.74) is -0.242. The van der Waals surface area contributed by atoms with Gasteiger partial charge in [-0.2, -0.15) is 10.4 Å². The molecule has 10 heteroatoms. The fourth-order valence-electron chi connectivity index (χ4n) is 5.35. The second-order valence-electron chi connectivity index (χ2n) is 10.4. The first-order chi connectivity index (χ1) is 17.5. The maximum Gasteiger partial charge on any atom is 0.335 e. The lowest BCUT2D eigenvalue weighted by Gasteiger charge is -2.36. The summed E-state index contributed by atoms with van der Waals surface area (Å²) in [7, 11) is 0.